The minimum absolute atomic E-state index is 0.00557. The van der Waals surface area contributed by atoms with Crippen LogP contribution >= 0.6 is 0 Å². The van der Waals surface area contributed by atoms with Gasteiger partial charge >= 0.3 is 5.97 Å². The molecular formula is C20H33NO8. The van der Waals surface area contributed by atoms with Crippen LogP contribution in [0.3, 0.4) is 0 Å². The van der Waals surface area contributed by atoms with E-state index in [1.807, 2.05) is 24.3 Å². The van der Waals surface area contributed by atoms with Crippen LogP contribution in [0.4, 0.5) is 0 Å². The Morgan fingerprint density at radius 3 is 1.72 bits per heavy atom. The molecule has 0 aliphatic rings. The second kappa shape index (κ2) is 18.3. The average molecular weight is 415 g/mol. The van der Waals surface area contributed by atoms with E-state index in [1.165, 1.54) is 0 Å². The van der Waals surface area contributed by atoms with Crippen LogP contribution in [0.2, 0.25) is 0 Å². The van der Waals surface area contributed by atoms with Crippen LogP contribution < -0.4 is 10.5 Å². The van der Waals surface area contributed by atoms with Gasteiger partial charge in [0.2, 0.25) is 0 Å². The Kier molecular flexibility index (Phi) is 15.9. The number of carboxylic acid groups (broad SMARTS) is 1. The number of benzene rings is 1. The standard InChI is InChI=1S/C20H33NO8/c21-17-18-2-1-3-19(16-18)29-15-14-28-13-12-27-11-10-26-9-8-25-7-6-24-5-4-20(22)23/h1-3,16H,4-15,17,21H2,(H,22,23). The zero-order valence-electron chi connectivity index (χ0n) is 16.9. The third-order valence-corrected chi connectivity index (χ3v) is 3.58. The average Bonchev–Trinajstić information content (AvgIpc) is 2.72. The summed E-state index contributed by atoms with van der Waals surface area (Å²) < 4.78 is 32.2. The Labute approximate surface area is 172 Å². The lowest BCUT2D eigenvalue weighted by molar-refractivity contribution is -0.138. The highest BCUT2D eigenvalue weighted by atomic mass is 16.6. The van der Waals surface area contributed by atoms with Crippen molar-refractivity contribution in [2.24, 2.45) is 5.73 Å². The van der Waals surface area contributed by atoms with Gasteiger partial charge in [0, 0.05) is 6.54 Å². The lowest BCUT2D eigenvalue weighted by atomic mass is 10.2. The zero-order chi connectivity index (χ0) is 21.0. The van der Waals surface area contributed by atoms with Gasteiger partial charge < -0.3 is 39.3 Å². The molecule has 0 unspecified atom stereocenters. The van der Waals surface area contributed by atoms with Gasteiger partial charge in [0.15, 0.2) is 0 Å². The first-order chi connectivity index (χ1) is 14.2. The van der Waals surface area contributed by atoms with Crippen LogP contribution in [0.5, 0.6) is 5.75 Å². The summed E-state index contributed by atoms with van der Waals surface area (Å²) in [7, 11) is 0. The number of hydrogen-bond acceptors (Lipinski definition) is 8. The van der Waals surface area contributed by atoms with Gasteiger partial charge in [0.25, 0.3) is 0 Å². The molecule has 3 N–H and O–H groups in total. The predicted molar refractivity (Wildman–Crippen MR) is 106 cm³/mol. The van der Waals surface area contributed by atoms with Crippen molar-refractivity contribution in [2.45, 2.75) is 13.0 Å². The highest BCUT2D eigenvalue weighted by Gasteiger charge is 1.98. The van der Waals surface area contributed by atoms with Gasteiger partial charge in [-0.25, -0.2) is 0 Å². The maximum Gasteiger partial charge on any atom is 0.305 e. The predicted octanol–water partition coefficient (Wildman–Crippen LogP) is 1.08. The largest absolute Gasteiger partial charge is 0.491 e. The number of aliphatic carboxylic acids is 1. The summed E-state index contributed by atoms with van der Waals surface area (Å²) in [5.41, 5.74) is 6.63. The van der Waals surface area contributed by atoms with Crippen LogP contribution in [-0.4, -0.2) is 83.8 Å². The van der Waals surface area contributed by atoms with Crippen LogP contribution in [-0.2, 0) is 35.0 Å². The molecule has 166 valence electrons. The van der Waals surface area contributed by atoms with E-state index in [0.29, 0.717) is 72.6 Å². The van der Waals surface area contributed by atoms with E-state index in [0.717, 1.165) is 11.3 Å². The molecule has 0 fully saturated rings. The fraction of sp³-hybridized carbons (Fsp3) is 0.650. The van der Waals surface area contributed by atoms with Crippen LogP contribution in [0, 0.1) is 0 Å². The highest BCUT2D eigenvalue weighted by Crippen LogP contribution is 2.12. The van der Waals surface area contributed by atoms with Crippen molar-refractivity contribution >= 4 is 5.97 Å². The number of ether oxygens (including phenoxy) is 6. The monoisotopic (exact) mass is 415 g/mol. The number of nitrogens with two attached hydrogens (primary N) is 1. The molecule has 29 heavy (non-hydrogen) atoms. The maximum atomic E-state index is 10.3. The van der Waals surface area contributed by atoms with Gasteiger partial charge in [0.05, 0.1) is 72.5 Å². The van der Waals surface area contributed by atoms with Crippen LogP contribution in [0.1, 0.15) is 12.0 Å². The summed E-state index contributed by atoms with van der Waals surface area (Å²) >= 11 is 0. The minimum Gasteiger partial charge on any atom is -0.491 e. The SMILES string of the molecule is NCc1cccc(OCCOCCOCCOCCOCCOCCC(=O)O)c1. The molecule has 0 amide bonds. The molecule has 0 aliphatic heterocycles. The first-order valence-corrected chi connectivity index (χ1v) is 9.74. The van der Waals surface area contributed by atoms with Crippen molar-refractivity contribution in [1.29, 1.82) is 0 Å². The maximum absolute atomic E-state index is 10.3. The van der Waals surface area contributed by atoms with Gasteiger partial charge in [0.1, 0.15) is 12.4 Å². The van der Waals surface area contributed by atoms with Gasteiger partial charge in [-0.2, -0.15) is 0 Å². The van der Waals surface area contributed by atoms with Crippen LogP contribution in [0.15, 0.2) is 24.3 Å². The first-order valence-electron chi connectivity index (χ1n) is 9.74. The molecule has 0 atom stereocenters. The molecule has 0 bridgehead atoms. The molecular weight excluding hydrogens is 382 g/mol. The van der Waals surface area contributed by atoms with Crippen LogP contribution in [0.25, 0.3) is 0 Å². The second-order valence-corrected chi connectivity index (χ2v) is 5.91. The van der Waals surface area contributed by atoms with Gasteiger partial charge in [-0.1, -0.05) is 12.1 Å². The number of carboxylic acids is 1. The fourth-order valence-electron chi connectivity index (χ4n) is 2.12. The van der Waals surface area contributed by atoms with E-state index in [4.69, 9.17) is 39.3 Å². The smallest absolute Gasteiger partial charge is 0.305 e. The second-order valence-electron chi connectivity index (χ2n) is 5.91. The Morgan fingerprint density at radius 2 is 1.24 bits per heavy atom. The molecule has 9 heteroatoms. The minimum atomic E-state index is -0.869. The third-order valence-electron chi connectivity index (χ3n) is 3.58. The van der Waals surface area contributed by atoms with Gasteiger partial charge in [-0.05, 0) is 17.7 Å². The molecule has 0 aliphatic carbocycles. The Balaban J connectivity index is 1.75. The van der Waals surface area contributed by atoms with Gasteiger partial charge in [-0.3, -0.25) is 4.79 Å². The molecule has 0 radical (unpaired) electrons. The summed E-state index contributed by atoms with van der Waals surface area (Å²) in [5, 5.41) is 8.44. The molecule has 0 heterocycles. The van der Waals surface area contributed by atoms with E-state index in [9.17, 15) is 4.79 Å². The normalized spacial score (nSPS) is 10.9. The lowest BCUT2D eigenvalue weighted by Crippen LogP contribution is -2.14. The topological polar surface area (TPSA) is 119 Å². The summed E-state index contributed by atoms with van der Waals surface area (Å²) in [6, 6.07) is 7.69. The Hall–Kier alpha value is -1.75. The highest BCUT2D eigenvalue weighted by molar-refractivity contribution is 5.66. The number of rotatable bonds is 20. The van der Waals surface area contributed by atoms with Crippen molar-refractivity contribution in [3.05, 3.63) is 29.8 Å². The molecule has 1 aromatic carbocycles. The molecule has 0 spiro atoms. The molecule has 0 saturated heterocycles. The van der Waals surface area contributed by atoms with E-state index in [-0.39, 0.29) is 13.0 Å². The fourth-order valence-corrected chi connectivity index (χ4v) is 2.12. The molecule has 0 aromatic heterocycles. The summed E-state index contributed by atoms with van der Waals surface area (Å²) in [6.07, 6.45) is 0.00557. The van der Waals surface area contributed by atoms with E-state index in [1.54, 1.807) is 0 Å². The molecule has 1 rings (SSSR count). The Morgan fingerprint density at radius 1 is 0.759 bits per heavy atom. The van der Waals surface area contributed by atoms with E-state index >= 15 is 0 Å². The number of hydrogen-bond donors (Lipinski definition) is 2. The van der Waals surface area contributed by atoms with Crippen molar-refractivity contribution in [1.82, 2.24) is 0 Å². The molecule has 9 nitrogen and oxygen atoms in total. The van der Waals surface area contributed by atoms with E-state index < -0.39 is 5.97 Å². The zero-order valence-corrected chi connectivity index (χ0v) is 16.9. The number of carbonyl (C=O) groups is 1. The van der Waals surface area contributed by atoms with Gasteiger partial charge in [-0.15, -0.1) is 0 Å². The summed E-state index contributed by atoms with van der Waals surface area (Å²) in [5.74, 6) is -0.0773. The molecule has 0 saturated carbocycles. The lowest BCUT2D eigenvalue weighted by Gasteiger charge is -2.09. The van der Waals surface area contributed by atoms with Crippen molar-refractivity contribution in [2.75, 3.05) is 72.7 Å². The van der Waals surface area contributed by atoms with Crippen molar-refractivity contribution in [3.8, 4) is 5.75 Å². The Bertz CT molecular complexity index is 529. The quantitative estimate of drug-likeness (QED) is 0.302. The van der Waals surface area contributed by atoms with Crippen molar-refractivity contribution in [3.63, 3.8) is 0 Å². The first kappa shape index (κ1) is 25.3. The molecule has 1 aromatic rings. The van der Waals surface area contributed by atoms with Crippen molar-refractivity contribution < 1.29 is 38.3 Å². The third kappa shape index (κ3) is 15.8. The van der Waals surface area contributed by atoms with E-state index in [2.05, 4.69) is 0 Å². The summed E-state index contributed by atoms with van der Waals surface area (Å²) in [4.78, 5) is 10.3. The summed E-state index contributed by atoms with van der Waals surface area (Å²) in [6.45, 7) is 5.35.